The first kappa shape index (κ1) is 22.5. The van der Waals surface area contributed by atoms with Crippen LogP contribution in [0.2, 0.25) is 0 Å². The first-order chi connectivity index (χ1) is 18.6. The van der Waals surface area contributed by atoms with Crippen LogP contribution in [0.3, 0.4) is 0 Å². The van der Waals surface area contributed by atoms with Gasteiger partial charge in [0.1, 0.15) is 17.7 Å². The molecule has 0 spiro atoms. The number of H-pyrrole nitrogens is 1. The number of hydrogen-bond acceptors (Lipinski definition) is 8. The van der Waals surface area contributed by atoms with Gasteiger partial charge in [0.05, 0.1) is 42.7 Å². The van der Waals surface area contributed by atoms with Gasteiger partial charge < -0.3 is 19.9 Å². The molecule has 2 aromatic carbocycles. The number of nitrogens with one attached hydrogen (secondary N) is 2. The largest absolute Gasteiger partial charge is 0.378 e. The zero-order valence-corrected chi connectivity index (χ0v) is 20.0. The van der Waals surface area contributed by atoms with Crippen LogP contribution in [0, 0.1) is 11.6 Å². The molecule has 0 unspecified atom stereocenters. The van der Waals surface area contributed by atoms with E-state index in [0.717, 1.165) is 22.7 Å². The molecule has 190 valence electrons. The molecule has 4 aromatic heterocycles. The van der Waals surface area contributed by atoms with Gasteiger partial charge in [-0.2, -0.15) is 9.97 Å². The lowest BCUT2D eigenvalue weighted by Crippen LogP contribution is -2.37. The molecule has 0 saturated carbocycles. The van der Waals surface area contributed by atoms with Crippen LogP contribution in [-0.2, 0) is 11.3 Å². The van der Waals surface area contributed by atoms with Crippen LogP contribution in [0.25, 0.3) is 38.8 Å². The molecular weight excluding hydrogens is 492 g/mol. The number of benzene rings is 2. The fourth-order valence-corrected chi connectivity index (χ4v) is 4.62. The maximum absolute atomic E-state index is 14.2. The summed E-state index contributed by atoms with van der Waals surface area (Å²) in [5, 5.41) is 4.26. The maximum Gasteiger partial charge on any atom is 0.229 e. The summed E-state index contributed by atoms with van der Waals surface area (Å²) in [4.78, 5) is 28.1. The van der Waals surface area contributed by atoms with E-state index >= 15 is 0 Å². The van der Waals surface area contributed by atoms with Gasteiger partial charge in [-0.05, 0) is 24.3 Å². The van der Waals surface area contributed by atoms with E-state index in [4.69, 9.17) is 14.7 Å². The third-order valence-corrected chi connectivity index (χ3v) is 6.55. The second-order valence-electron chi connectivity index (χ2n) is 8.94. The van der Waals surface area contributed by atoms with Crippen molar-refractivity contribution in [2.45, 2.75) is 6.54 Å². The van der Waals surface area contributed by atoms with Crippen molar-refractivity contribution in [2.75, 3.05) is 36.5 Å². The predicted octanol–water partition coefficient (Wildman–Crippen LogP) is 3.97. The minimum Gasteiger partial charge on any atom is -0.378 e. The summed E-state index contributed by atoms with van der Waals surface area (Å²) in [5.74, 6) is -0.452. The van der Waals surface area contributed by atoms with Crippen LogP contribution in [0.4, 0.5) is 20.5 Å². The first-order valence-electron chi connectivity index (χ1n) is 12.1. The summed E-state index contributed by atoms with van der Waals surface area (Å²) >= 11 is 0. The van der Waals surface area contributed by atoms with Gasteiger partial charge in [0.25, 0.3) is 0 Å². The fraction of sp³-hybridized carbons (Fsp3) is 0.192. The van der Waals surface area contributed by atoms with Gasteiger partial charge in [0.2, 0.25) is 5.95 Å². The number of ether oxygens (including phenoxy) is 1. The molecule has 38 heavy (non-hydrogen) atoms. The minimum absolute atomic E-state index is 0.0447. The Kier molecular flexibility index (Phi) is 5.32. The summed E-state index contributed by atoms with van der Waals surface area (Å²) in [6.45, 7) is 2.67. The molecule has 1 aliphatic heterocycles. The summed E-state index contributed by atoms with van der Waals surface area (Å²) in [7, 11) is 0. The highest BCUT2D eigenvalue weighted by molar-refractivity contribution is 5.87. The van der Waals surface area contributed by atoms with Gasteiger partial charge in [-0.25, -0.2) is 18.7 Å². The van der Waals surface area contributed by atoms with Crippen LogP contribution in [-0.4, -0.2) is 60.8 Å². The van der Waals surface area contributed by atoms with Crippen molar-refractivity contribution >= 4 is 44.9 Å². The molecule has 0 aliphatic carbocycles. The number of pyridine rings is 1. The summed E-state index contributed by atoms with van der Waals surface area (Å²) in [5.41, 5.74) is 3.25. The number of hydrogen-bond donors (Lipinski definition) is 2. The Morgan fingerprint density at radius 1 is 0.974 bits per heavy atom. The Bertz CT molecular complexity index is 1810. The van der Waals surface area contributed by atoms with Crippen molar-refractivity contribution in [2.24, 2.45) is 0 Å². The molecule has 0 radical (unpaired) electrons. The van der Waals surface area contributed by atoms with Crippen molar-refractivity contribution in [1.29, 1.82) is 0 Å². The van der Waals surface area contributed by atoms with E-state index < -0.39 is 11.6 Å². The zero-order valence-electron chi connectivity index (χ0n) is 20.0. The number of para-hydroxylation sites is 1. The number of anilines is 2. The van der Waals surface area contributed by atoms with Crippen LogP contribution < -0.4 is 10.2 Å². The Balaban J connectivity index is 1.30. The predicted molar refractivity (Wildman–Crippen MR) is 138 cm³/mol. The standard InChI is InChI=1S/C26H21F2N9O/c27-17-5-6-19-22(21(17)28)33-20(32-19)13-30-24-23-25(35-26(34-24)36-7-9-38-10-8-36)37(14-31-23)16-11-15-3-1-2-4-18(15)29-12-16/h1-6,11-12,14H,7-10,13H2,(H,32,33)(H,30,34,35). The number of morpholine rings is 1. The second kappa shape index (κ2) is 8.99. The van der Waals surface area contributed by atoms with E-state index in [1.165, 1.54) is 6.07 Å². The molecular formula is C26H21F2N9O. The number of aromatic amines is 1. The summed E-state index contributed by atoms with van der Waals surface area (Å²) < 4.78 is 35.2. The molecule has 2 N–H and O–H groups in total. The van der Waals surface area contributed by atoms with E-state index in [0.29, 0.717) is 60.6 Å². The van der Waals surface area contributed by atoms with Gasteiger partial charge in [0, 0.05) is 18.5 Å². The fourth-order valence-electron chi connectivity index (χ4n) is 4.62. The molecule has 12 heteroatoms. The smallest absolute Gasteiger partial charge is 0.229 e. The number of fused-ring (bicyclic) bond motifs is 3. The SMILES string of the molecule is Fc1ccc2[nH]c(CNc3nc(N4CCOCC4)nc4c3ncn4-c3cnc4ccccc4c3)nc2c1F. The quantitative estimate of drug-likeness (QED) is 0.357. The number of nitrogens with zero attached hydrogens (tertiary/aromatic N) is 7. The number of rotatable bonds is 5. The number of imidazole rings is 2. The molecule has 10 nitrogen and oxygen atoms in total. The topological polar surface area (TPSA) is 110 Å². The number of halogens is 2. The normalized spacial score (nSPS) is 14.1. The summed E-state index contributed by atoms with van der Waals surface area (Å²) in [6, 6.07) is 12.5. The molecule has 7 rings (SSSR count). The van der Waals surface area contributed by atoms with E-state index in [1.54, 1.807) is 12.5 Å². The maximum atomic E-state index is 14.2. The van der Waals surface area contributed by atoms with E-state index in [9.17, 15) is 8.78 Å². The van der Waals surface area contributed by atoms with Crippen molar-refractivity contribution in [3.63, 3.8) is 0 Å². The number of aromatic nitrogens is 7. The average molecular weight is 514 g/mol. The van der Waals surface area contributed by atoms with Gasteiger partial charge in [-0.1, -0.05) is 18.2 Å². The molecule has 5 heterocycles. The molecule has 0 amide bonds. The average Bonchev–Trinajstić information content (AvgIpc) is 3.59. The lowest BCUT2D eigenvalue weighted by molar-refractivity contribution is 0.122. The Morgan fingerprint density at radius 3 is 2.74 bits per heavy atom. The molecule has 6 aromatic rings. The Labute approximate surface area is 214 Å². The van der Waals surface area contributed by atoms with E-state index in [-0.39, 0.29) is 12.1 Å². The lowest BCUT2D eigenvalue weighted by atomic mass is 10.2. The van der Waals surface area contributed by atoms with Gasteiger partial charge in [0.15, 0.2) is 28.6 Å². The lowest BCUT2D eigenvalue weighted by Gasteiger charge is -2.27. The molecule has 0 bridgehead atoms. The van der Waals surface area contributed by atoms with E-state index in [2.05, 4.69) is 30.2 Å². The van der Waals surface area contributed by atoms with Crippen molar-refractivity contribution in [3.8, 4) is 5.69 Å². The van der Waals surface area contributed by atoms with Crippen LogP contribution in [0.1, 0.15) is 5.82 Å². The monoisotopic (exact) mass is 513 g/mol. The van der Waals surface area contributed by atoms with Crippen LogP contribution >= 0.6 is 0 Å². The third-order valence-electron chi connectivity index (χ3n) is 6.55. The van der Waals surface area contributed by atoms with Crippen LogP contribution in [0.5, 0.6) is 0 Å². The Morgan fingerprint density at radius 2 is 1.84 bits per heavy atom. The van der Waals surface area contributed by atoms with Gasteiger partial charge in [-0.15, -0.1) is 0 Å². The minimum atomic E-state index is -0.980. The van der Waals surface area contributed by atoms with Crippen molar-refractivity contribution < 1.29 is 13.5 Å². The molecule has 0 atom stereocenters. The second-order valence-corrected chi connectivity index (χ2v) is 8.94. The van der Waals surface area contributed by atoms with Gasteiger partial charge >= 0.3 is 0 Å². The summed E-state index contributed by atoms with van der Waals surface area (Å²) in [6.07, 6.45) is 3.48. The first-order valence-corrected chi connectivity index (χ1v) is 12.1. The molecule has 1 saturated heterocycles. The molecule has 1 fully saturated rings. The zero-order chi connectivity index (χ0) is 25.6. The molecule has 1 aliphatic rings. The van der Waals surface area contributed by atoms with Crippen molar-refractivity contribution in [3.05, 3.63) is 72.4 Å². The third kappa shape index (κ3) is 3.86. The highest BCUT2D eigenvalue weighted by atomic mass is 19.2. The van der Waals surface area contributed by atoms with Crippen molar-refractivity contribution in [1.82, 2.24) is 34.5 Å². The highest BCUT2D eigenvalue weighted by Crippen LogP contribution is 2.27. The van der Waals surface area contributed by atoms with Crippen LogP contribution in [0.15, 0.2) is 55.0 Å². The van der Waals surface area contributed by atoms with E-state index in [1.807, 2.05) is 34.9 Å². The van der Waals surface area contributed by atoms with Gasteiger partial charge in [-0.3, -0.25) is 9.55 Å². The Hall–Kier alpha value is -4.71. The highest BCUT2D eigenvalue weighted by Gasteiger charge is 2.20.